The molecule has 0 radical (unpaired) electrons. The first-order valence-electron chi connectivity index (χ1n) is 7.10. The van der Waals surface area contributed by atoms with Crippen LogP contribution in [0.5, 0.6) is 0 Å². The van der Waals surface area contributed by atoms with Crippen molar-refractivity contribution in [3.63, 3.8) is 0 Å². The molecule has 0 aliphatic carbocycles. The number of aryl methyl sites for hydroxylation is 1. The van der Waals surface area contributed by atoms with Crippen LogP contribution in [0, 0.1) is 0 Å². The first-order valence-corrected chi connectivity index (χ1v) is 7.98. The van der Waals surface area contributed by atoms with Gasteiger partial charge in [0.2, 0.25) is 0 Å². The number of amides is 2. The quantitative estimate of drug-likeness (QED) is 0.740. The van der Waals surface area contributed by atoms with E-state index in [0.717, 1.165) is 9.44 Å². The van der Waals surface area contributed by atoms with Crippen LogP contribution < -0.4 is 21.9 Å². The summed E-state index contributed by atoms with van der Waals surface area (Å²) in [5, 5.41) is 7.55. The Kier molecular flexibility index (Phi) is 4.17. The van der Waals surface area contributed by atoms with E-state index in [-0.39, 0.29) is 11.0 Å². The summed E-state index contributed by atoms with van der Waals surface area (Å²) in [6.07, 6.45) is 1.41. The third-order valence-corrected chi connectivity index (χ3v) is 4.43. The lowest BCUT2D eigenvalue weighted by Gasteiger charge is -2.09. The molecule has 0 unspecified atom stereocenters. The molecule has 0 spiro atoms. The lowest BCUT2D eigenvalue weighted by atomic mass is 10.3. The summed E-state index contributed by atoms with van der Waals surface area (Å²) in [6.45, 7) is 0.417. The zero-order valence-corrected chi connectivity index (χ0v) is 13.9. The lowest BCUT2D eigenvalue weighted by molar-refractivity contribution is 0.252. The van der Waals surface area contributed by atoms with Crippen LogP contribution in [0.4, 0.5) is 10.5 Å². The first kappa shape index (κ1) is 15.9. The van der Waals surface area contributed by atoms with Crippen LogP contribution in [0.25, 0.3) is 11.0 Å². The van der Waals surface area contributed by atoms with Crippen molar-refractivity contribution < 1.29 is 4.79 Å². The second-order valence-electron chi connectivity index (χ2n) is 5.19. The Morgan fingerprint density at radius 1 is 1.29 bits per heavy atom. The maximum Gasteiger partial charge on any atom is 0.332 e. The molecule has 0 saturated carbocycles. The SMILES string of the molecule is Cn1c(=O)c2cc(NC(=O)NCc3cccs3)cnc2n(C)c1=O. The molecule has 0 aromatic carbocycles. The van der Waals surface area contributed by atoms with Crippen LogP contribution in [0.2, 0.25) is 0 Å². The number of urea groups is 1. The van der Waals surface area contributed by atoms with Gasteiger partial charge >= 0.3 is 11.7 Å². The summed E-state index contributed by atoms with van der Waals surface area (Å²) < 4.78 is 2.29. The molecule has 124 valence electrons. The van der Waals surface area contributed by atoms with Crippen LogP contribution in [0.3, 0.4) is 0 Å². The van der Waals surface area contributed by atoms with Crippen LogP contribution >= 0.6 is 11.3 Å². The van der Waals surface area contributed by atoms with E-state index in [2.05, 4.69) is 15.6 Å². The molecular weight excluding hydrogens is 330 g/mol. The summed E-state index contributed by atoms with van der Waals surface area (Å²) in [7, 11) is 2.94. The highest BCUT2D eigenvalue weighted by Gasteiger charge is 2.11. The third kappa shape index (κ3) is 2.93. The zero-order valence-electron chi connectivity index (χ0n) is 13.1. The van der Waals surface area contributed by atoms with Gasteiger partial charge in [-0.15, -0.1) is 11.3 Å². The van der Waals surface area contributed by atoms with Crippen LogP contribution in [0.15, 0.2) is 39.4 Å². The van der Waals surface area contributed by atoms with Gasteiger partial charge in [0.15, 0.2) is 0 Å². The number of nitrogens with zero attached hydrogens (tertiary/aromatic N) is 3. The summed E-state index contributed by atoms with van der Waals surface area (Å²) in [5.74, 6) is 0. The summed E-state index contributed by atoms with van der Waals surface area (Å²) in [6, 6.07) is 4.94. The van der Waals surface area contributed by atoms with Crippen molar-refractivity contribution in [2.24, 2.45) is 14.1 Å². The maximum atomic E-state index is 12.2. The van der Waals surface area contributed by atoms with Gasteiger partial charge in [0.05, 0.1) is 23.8 Å². The fraction of sp³-hybridized carbons (Fsp3) is 0.200. The molecule has 8 nitrogen and oxygen atoms in total. The molecule has 0 aliphatic rings. The smallest absolute Gasteiger partial charge is 0.332 e. The lowest BCUT2D eigenvalue weighted by Crippen LogP contribution is -2.37. The average Bonchev–Trinajstić information content (AvgIpc) is 3.09. The number of fused-ring (bicyclic) bond motifs is 1. The molecule has 9 heteroatoms. The van der Waals surface area contributed by atoms with E-state index in [0.29, 0.717) is 12.2 Å². The summed E-state index contributed by atoms with van der Waals surface area (Å²) in [5.41, 5.74) is -0.257. The van der Waals surface area contributed by atoms with Crippen molar-refractivity contribution >= 4 is 34.1 Å². The highest BCUT2D eigenvalue weighted by Crippen LogP contribution is 2.12. The van der Waals surface area contributed by atoms with Crippen LogP contribution in [-0.4, -0.2) is 20.1 Å². The number of carbonyl (C=O) groups excluding carboxylic acids is 1. The number of carbonyl (C=O) groups is 1. The highest BCUT2D eigenvalue weighted by molar-refractivity contribution is 7.09. The molecule has 0 atom stereocenters. The van der Waals surface area contributed by atoms with Crippen molar-refractivity contribution in [1.29, 1.82) is 0 Å². The molecular formula is C15H15N5O3S. The van der Waals surface area contributed by atoms with Gasteiger partial charge in [-0.3, -0.25) is 13.9 Å². The van der Waals surface area contributed by atoms with Gasteiger partial charge < -0.3 is 10.6 Å². The topological polar surface area (TPSA) is 98.0 Å². The van der Waals surface area contributed by atoms with Crippen molar-refractivity contribution in [3.8, 4) is 0 Å². The molecule has 3 heterocycles. The largest absolute Gasteiger partial charge is 0.333 e. The van der Waals surface area contributed by atoms with Gasteiger partial charge in [-0.1, -0.05) is 6.07 Å². The molecule has 0 aliphatic heterocycles. The number of nitrogens with one attached hydrogen (secondary N) is 2. The highest BCUT2D eigenvalue weighted by atomic mass is 32.1. The fourth-order valence-electron chi connectivity index (χ4n) is 2.29. The van der Waals surface area contributed by atoms with E-state index in [1.165, 1.54) is 30.9 Å². The van der Waals surface area contributed by atoms with E-state index in [1.807, 2.05) is 17.5 Å². The summed E-state index contributed by atoms with van der Waals surface area (Å²) in [4.78, 5) is 41.2. The van der Waals surface area contributed by atoms with Crippen molar-refractivity contribution in [2.45, 2.75) is 6.54 Å². The first-order chi connectivity index (χ1) is 11.5. The number of anilines is 1. The van der Waals surface area contributed by atoms with Gasteiger partial charge in [-0.2, -0.15) is 0 Å². The Balaban J connectivity index is 1.84. The number of aromatic nitrogens is 3. The Labute approximate surface area is 140 Å². The average molecular weight is 345 g/mol. The molecule has 3 aromatic heterocycles. The Hall–Kier alpha value is -2.94. The third-order valence-electron chi connectivity index (χ3n) is 3.55. The van der Waals surface area contributed by atoms with Gasteiger partial charge in [0.1, 0.15) is 5.65 Å². The number of thiophene rings is 1. The fourth-order valence-corrected chi connectivity index (χ4v) is 2.93. The van der Waals surface area contributed by atoms with E-state index in [1.54, 1.807) is 11.3 Å². The van der Waals surface area contributed by atoms with E-state index >= 15 is 0 Å². The van der Waals surface area contributed by atoms with Crippen molar-refractivity contribution in [1.82, 2.24) is 19.4 Å². The van der Waals surface area contributed by atoms with Gasteiger partial charge in [-0.05, 0) is 17.5 Å². The molecule has 3 aromatic rings. The molecule has 0 bridgehead atoms. The summed E-state index contributed by atoms with van der Waals surface area (Å²) >= 11 is 1.55. The second-order valence-corrected chi connectivity index (χ2v) is 6.22. The standard InChI is InChI=1S/C15H15N5O3S/c1-19-12-11(13(21)20(2)15(19)23)6-9(7-16-12)18-14(22)17-8-10-4-3-5-24-10/h3-7H,8H2,1-2H3,(H2,17,18,22). The predicted octanol–water partition coefficient (Wildman–Crippen LogP) is 1.02. The van der Waals surface area contributed by atoms with E-state index in [9.17, 15) is 14.4 Å². The van der Waals surface area contributed by atoms with Gasteiger partial charge in [0, 0.05) is 19.0 Å². The number of pyridine rings is 1. The minimum atomic E-state index is -0.455. The molecule has 3 rings (SSSR count). The molecule has 2 N–H and O–H groups in total. The second kappa shape index (κ2) is 6.28. The number of hydrogen-bond donors (Lipinski definition) is 2. The number of rotatable bonds is 3. The molecule has 0 saturated heterocycles. The van der Waals surface area contributed by atoms with Crippen molar-refractivity contribution in [2.75, 3.05) is 5.32 Å². The van der Waals surface area contributed by atoms with E-state index < -0.39 is 17.3 Å². The monoisotopic (exact) mass is 345 g/mol. The minimum Gasteiger partial charge on any atom is -0.333 e. The Morgan fingerprint density at radius 2 is 2.08 bits per heavy atom. The van der Waals surface area contributed by atoms with Crippen molar-refractivity contribution in [3.05, 3.63) is 55.5 Å². The molecule has 0 fully saturated rings. The number of hydrogen-bond acceptors (Lipinski definition) is 5. The molecule has 24 heavy (non-hydrogen) atoms. The normalized spacial score (nSPS) is 10.8. The Morgan fingerprint density at radius 3 is 2.79 bits per heavy atom. The Bertz CT molecular complexity index is 1020. The van der Waals surface area contributed by atoms with Gasteiger partial charge in [0.25, 0.3) is 5.56 Å². The minimum absolute atomic E-state index is 0.260. The van der Waals surface area contributed by atoms with Crippen LogP contribution in [-0.2, 0) is 20.6 Å². The van der Waals surface area contributed by atoms with Crippen LogP contribution in [0.1, 0.15) is 4.88 Å². The zero-order chi connectivity index (χ0) is 17.3. The predicted molar refractivity (Wildman–Crippen MR) is 92.4 cm³/mol. The van der Waals surface area contributed by atoms with Gasteiger partial charge in [-0.25, -0.2) is 14.6 Å². The van der Waals surface area contributed by atoms with E-state index in [4.69, 9.17) is 0 Å². The maximum absolute atomic E-state index is 12.2. The molecule has 2 amide bonds.